The molecule has 0 radical (unpaired) electrons. The molecule has 158 valence electrons. The molecule has 2 heterocycles. The van der Waals surface area contributed by atoms with Crippen LogP contribution in [0.4, 0.5) is 5.95 Å². The van der Waals surface area contributed by atoms with E-state index < -0.39 is 5.60 Å². The first-order valence-electron chi connectivity index (χ1n) is 9.88. The second-order valence-corrected chi connectivity index (χ2v) is 8.25. The molecule has 10 heteroatoms. The van der Waals surface area contributed by atoms with Gasteiger partial charge in [-0.25, -0.2) is 4.98 Å². The highest BCUT2D eigenvalue weighted by Crippen LogP contribution is 2.27. The average molecular weight is 411 g/mol. The molecule has 0 aliphatic heterocycles. The van der Waals surface area contributed by atoms with Crippen LogP contribution in [0.5, 0.6) is 5.75 Å². The summed E-state index contributed by atoms with van der Waals surface area (Å²) < 4.78 is 7.21. The minimum Gasteiger partial charge on any atom is -0.491 e. The van der Waals surface area contributed by atoms with Gasteiger partial charge in [-0.3, -0.25) is 4.79 Å². The number of nitrogens with one attached hydrogen (secondary N) is 1. The SMILES string of the molecule is CC(C)(O)COc1ccc(-n2nnc3cnc(N[C@@H]4CC[C@@H](C(N)=O)C4)nc32)cc1. The highest BCUT2D eigenvalue weighted by molar-refractivity contribution is 5.77. The largest absolute Gasteiger partial charge is 0.491 e. The Morgan fingerprint density at radius 3 is 2.77 bits per heavy atom. The molecule has 1 fully saturated rings. The van der Waals surface area contributed by atoms with E-state index in [1.807, 2.05) is 12.1 Å². The van der Waals surface area contributed by atoms with Crippen LogP contribution in [-0.4, -0.2) is 54.2 Å². The number of ether oxygens (including phenoxy) is 1. The minimum atomic E-state index is -0.905. The van der Waals surface area contributed by atoms with Gasteiger partial charge in [0.2, 0.25) is 11.9 Å². The van der Waals surface area contributed by atoms with Gasteiger partial charge < -0.3 is 20.9 Å². The van der Waals surface area contributed by atoms with Crippen LogP contribution in [0.2, 0.25) is 0 Å². The minimum absolute atomic E-state index is 0.101. The molecular weight excluding hydrogens is 386 g/mol. The van der Waals surface area contributed by atoms with Gasteiger partial charge in [0.15, 0.2) is 11.2 Å². The van der Waals surface area contributed by atoms with Crippen LogP contribution in [0, 0.1) is 5.92 Å². The topological polar surface area (TPSA) is 141 Å². The van der Waals surface area contributed by atoms with Gasteiger partial charge >= 0.3 is 0 Å². The number of amides is 1. The number of rotatable bonds is 7. The van der Waals surface area contributed by atoms with Gasteiger partial charge in [0.25, 0.3) is 0 Å². The maximum absolute atomic E-state index is 11.4. The van der Waals surface area contributed by atoms with Crippen molar-refractivity contribution >= 4 is 23.0 Å². The summed E-state index contributed by atoms with van der Waals surface area (Å²) in [6.45, 7) is 3.57. The molecule has 0 unspecified atom stereocenters. The summed E-state index contributed by atoms with van der Waals surface area (Å²) >= 11 is 0. The summed E-state index contributed by atoms with van der Waals surface area (Å²) in [6, 6.07) is 7.40. The number of carbonyl (C=O) groups excluding carboxylic acids is 1. The first-order valence-corrected chi connectivity index (χ1v) is 9.88. The van der Waals surface area contributed by atoms with Crippen molar-refractivity contribution in [1.82, 2.24) is 25.0 Å². The molecule has 2 aromatic heterocycles. The number of anilines is 1. The summed E-state index contributed by atoms with van der Waals surface area (Å²) in [7, 11) is 0. The quantitative estimate of drug-likeness (QED) is 0.530. The molecule has 0 spiro atoms. The Morgan fingerprint density at radius 2 is 2.10 bits per heavy atom. The van der Waals surface area contributed by atoms with E-state index in [2.05, 4.69) is 25.6 Å². The van der Waals surface area contributed by atoms with Gasteiger partial charge in [0.05, 0.1) is 17.5 Å². The molecule has 0 saturated heterocycles. The number of hydrogen-bond acceptors (Lipinski definition) is 8. The van der Waals surface area contributed by atoms with Gasteiger partial charge in [0.1, 0.15) is 12.4 Å². The lowest BCUT2D eigenvalue weighted by atomic mass is 10.1. The van der Waals surface area contributed by atoms with Crippen molar-refractivity contribution in [3.05, 3.63) is 30.5 Å². The van der Waals surface area contributed by atoms with Crippen molar-refractivity contribution in [3.8, 4) is 11.4 Å². The van der Waals surface area contributed by atoms with Gasteiger partial charge in [-0.15, -0.1) is 5.10 Å². The standard InChI is InChI=1S/C20H25N7O3/c1-20(2,29)11-30-15-7-5-14(6-8-15)27-18-16(25-26-27)10-22-19(24-18)23-13-4-3-12(9-13)17(21)28/h5-8,10,12-13,29H,3-4,9,11H2,1-2H3,(H2,21,28)(H,22,23,24)/t12-,13-/m1/s1. The van der Waals surface area contributed by atoms with E-state index in [9.17, 15) is 9.90 Å². The van der Waals surface area contributed by atoms with E-state index >= 15 is 0 Å². The Balaban J connectivity index is 1.51. The summed E-state index contributed by atoms with van der Waals surface area (Å²) in [5, 5.41) is 21.4. The van der Waals surface area contributed by atoms with Gasteiger partial charge in [-0.05, 0) is 57.4 Å². The third-order valence-electron chi connectivity index (χ3n) is 5.03. The molecule has 1 aliphatic rings. The molecule has 3 aromatic rings. The van der Waals surface area contributed by atoms with Crippen LogP contribution in [-0.2, 0) is 4.79 Å². The maximum atomic E-state index is 11.4. The molecule has 4 rings (SSSR count). The third kappa shape index (κ3) is 4.48. The Labute approximate surface area is 173 Å². The van der Waals surface area contributed by atoms with Crippen molar-refractivity contribution < 1.29 is 14.6 Å². The number of benzene rings is 1. The number of aliphatic hydroxyl groups is 1. The summed E-state index contributed by atoms with van der Waals surface area (Å²) in [4.78, 5) is 20.3. The van der Waals surface area contributed by atoms with Crippen LogP contribution in [0.1, 0.15) is 33.1 Å². The number of nitrogens with two attached hydrogens (primary N) is 1. The Hall–Kier alpha value is -3.27. The average Bonchev–Trinajstić information content (AvgIpc) is 3.33. The van der Waals surface area contributed by atoms with E-state index in [1.165, 1.54) is 0 Å². The number of aromatic nitrogens is 5. The highest BCUT2D eigenvalue weighted by atomic mass is 16.5. The zero-order valence-corrected chi connectivity index (χ0v) is 16.9. The Morgan fingerprint density at radius 1 is 1.33 bits per heavy atom. The first kappa shape index (κ1) is 20.0. The zero-order valence-electron chi connectivity index (χ0n) is 16.9. The fraction of sp³-hybridized carbons (Fsp3) is 0.450. The summed E-state index contributed by atoms with van der Waals surface area (Å²) in [5.74, 6) is 0.752. The zero-order chi connectivity index (χ0) is 21.3. The van der Waals surface area contributed by atoms with Crippen LogP contribution in [0.25, 0.3) is 16.9 Å². The first-order chi connectivity index (χ1) is 14.3. The summed E-state index contributed by atoms with van der Waals surface area (Å²) in [5.41, 5.74) is 6.42. The molecule has 1 saturated carbocycles. The normalized spacial score (nSPS) is 19.2. The monoisotopic (exact) mass is 411 g/mol. The van der Waals surface area contributed by atoms with E-state index in [0.29, 0.717) is 29.3 Å². The molecule has 0 bridgehead atoms. The third-order valence-corrected chi connectivity index (χ3v) is 5.03. The van der Waals surface area contributed by atoms with Gasteiger partial charge in [0, 0.05) is 12.0 Å². The molecule has 1 amide bonds. The van der Waals surface area contributed by atoms with E-state index in [-0.39, 0.29) is 24.5 Å². The van der Waals surface area contributed by atoms with Crippen molar-refractivity contribution in [2.75, 3.05) is 11.9 Å². The molecular formula is C20H25N7O3. The lowest BCUT2D eigenvalue weighted by Crippen LogP contribution is -2.27. The number of nitrogens with zero attached hydrogens (tertiary/aromatic N) is 5. The van der Waals surface area contributed by atoms with Crippen LogP contribution in [0.15, 0.2) is 30.5 Å². The fourth-order valence-corrected chi connectivity index (χ4v) is 3.47. The molecule has 1 aromatic carbocycles. The van der Waals surface area contributed by atoms with Crippen LogP contribution < -0.4 is 15.8 Å². The van der Waals surface area contributed by atoms with Gasteiger partial charge in [-0.1, -0.05) is 5.21 Å². The fourth-order valence-electron chi connectivity index (χ4n) is 3.47. The lowest BCUT2D eigenvalue weighted by Gasteiger charge is -2.17. The van der Waals surface area contributed by atoms with Crippen molar-refractivity contribution in [3.63, 3.8) is 0 Å². The number of fused-ring (bicyclic) bond motifs is 1. The number of carbonyl (C=O) groups is 1. The van der Waals surface area contributed by atoms with E-state index in [4.69, 9.17) is 10.5 Å². The van der Waals surface area contributed by atoms with Crippen LogP contribution >= 0.6 is 0 Å². The predicted octanol–water partition coefficient (Wildman–Crippen LogP) is 1.43. The Bertz CT molecular complexity index is 1040. The molecule has 30 heavy (non-hydrogen) atoms. The Kier molecular flexibility index (Phi) is 5.25. The predicted molar refractivity (Wildman–Crippen MR) is 110 cm³/mol. The van der Waals surface area contributed by atoms with E-state index in [0.717, 1.165) is 18.5 Å². The second-order valence-electron chi connectivity index (χ2n) is 8.25. The second kappa shape index (κ2) is 7.86. The molecule has 1 aliphatic carbocycles. The molecule has 4 N–H and O–H groups in total. The van der Waals surface area contributed by atoms with Gasteiger partial charge in [-0.2, -0.15) is 9.67 Å². The van der Waals surface area contributed by atoms with E-state index in [1.54, 1.807) is 36.9 Å². The van der Waals surface area contributed by atoms with Crippen LogP contribution in [0.3, 0.4) is 0 Å². The van der Waals surface area contributed by atoms with Crippen molar-refractivity contribution in [1.29, 1.82) is 0 Å². The smallest absolute Gasteiger partial charge is 0.225 e. The molecule has 2 atom stereocenters. The summed E-state index contributed by atoms with van der Waals surface area (Å²) in [6.07, 6.45) is 3.92. The number of primary amides is 1. The lowest BCUT2D eigenvalue weighted by molar-refractivity contribution is -0.121. The number of hydrogen-bond donors (Lipinski definition) is 3. The highest BCUT2D eigenvalue weighted by Gasteiger charge is 2.28. The van der Waals surface area contributed by atoms with Crippen molar-refractivity contribution in [2.45, 2.75) is 44.8 Å². The van der Waals surface area contributed by atoms with Crippen molar-refractivity contribution in [2.24, 2.45) is 11.7 Å². The maximum Gasteiger partial charge on any atom is 0.225 e. The molecule has 10 nitrogen and oxygen atoms in total.